The maximum atomic E-state index is 5.42. The van der Waals surface area contributed by atoms with Gasteiger partial charge in [0.2, 0.25) is 0 Å². The molecule has 1 heterocycles. The van der Waals surface area contributed by atoms with E-state index in [1.165, 1.54) is 5.69 Å². The average Bonchev–Trinajstić information content (AvgIpc) is 2.71. The molecule has 0 aliphatic carbocycles. The van der Waals surface area contributed by atoms with Gasteiger partial charge in [0.25, 0.3) is 0 Å². The molecule has 0 atom stereocenters. The van der Waals surface area contributed by atoms with Gasteiger partial charge in [-0.1, -0.05) is 12.1 Å². The molecular weight excluding hydrogens is 360 g/mol. The van der Waals surface area contributed by atoms with Crippen LogP contribution in [0.5, 0.6) is 5.75 Å². The number of ether oxygens (including phenoxy) is 2. The Bertz CT molecular complexity index is 757. The van der Waals surface area contributed by atoms with Crippen LogP contribution in [-0.4, -0.2) is 44.2 Å². The minimum absolute atomic E-state index is 0.431. The van der Waals surface area contributed by atoms with Crippen LogP contribution in [0.15, 0.2) is 53.6 Å². The van der Waals surface area contributed by atoms with Crippen molar-refractivity contribution in [2.45, 2.75) is 6.92 Å². The monoisotopic (exact) mass is 384 g/mol. The van der Waals surface area contributed by atoms with E-state index in [-0.39, 0.29) is 0 Å². The molecule has 142 valence electrons. The molecule has 6 nitrogen and oxygen atoms in total. The summed E-state index contributed by atoms with van der Waals surface area (Å²) in [5.41, 5.74) is 5.91. The van der Waals surface area contributed by atoms with Gasteiger partial charge in [-0.3, -0.25) is 5.43 Å². The Hall–Kier alpha value is -2.64. The summed E-state index contributed by atoms with van der Waals surface area (Å²) in [6, 6.07) is 15.9. The van der Waals surface area contributed by atoms with E-state index < -0.39 is 0 Å². The highest BCUT2D eigenvalue weighted by atomic mass is 32.1. The Morgan fingerprint density at radius 1 is 1.15 bits per heavy atom. The third-order valence-electron chi connectivity index (χ3n) is 4.07. The maximum absolute atomic E-state index is 5.42. The highest BCUT2D eigenvalue weighted by Gasteiger charge is 2.10. The predicted molar refractivity (Wildman–Crippen MR) is 114 cm³/mol. The van der Waals surface area contributed by atoms with Gasteiger partial charge in [-0.15, -0.1) is 0 Å². The minimum atomic E-state index is 0.431. The lowest BCUT2D eigenvalue weighted by atomic mass is 10.2. The summed E-state index contributed by atoms with van der Waals surface area (Å²) >= 11 is 5.26. The van der Waals surface area contributed by atoms with Gasteiger partial charge in [0.05, 0.1) is 26.0 Å². The van der Waals surface area contributed by atoms with E-state index in [1.54, 1.807) is 6.21 Å². The molecule has 3 rings (SSSR count). The van der Waals surface area contributed by atoms with Crippen LogP contribution in [-0.2, 0) is 4.74 Å². The van der Waals surface area contributed by atoms with Crippen LogP contribution in [0.2, 0.25) is 0 Å². The second-order valence-electron chi connectivity index (χ2n) is 5.97. The molecule has 1 aliphatic heterocycles. The van der Waals surface area contributed by atoms with Gasteiger partial charge >= 0.3 is 0 Å². The van der Waals surface area contributed by atoms with E-state index in [0.29, 0.717) is 11.7 Å². The smallest absolute Gasteiger partial charge is 0.191 e. The molecule has 0 spiro atoms. The Labute approximate surface area is 165 Å². The highest BCUT2D eigenvalue weighted by molar-refractivity contribution is 7.80. The van der Waals surface area contributed by atoms with Crippen molar-refractivity contribution in [1.82, 2.24) is 5.43 Å². The molecule has 1 fully saturated rings. The number of thiocarbonyl (C=S) groups is 1. The number of nitrogens with one attached hydrogen (secondary N) is 2. The molecule has 0 amide bonds. The van der Waals surface area contributed by atoms with Crippen molar-refractivity contribution in [3.8, 4) is 5.75 Å². The van der Waals surface area contributed by atoms with Crippen LogP contribution in [0.25, 0.3) is 0 Å². The molecule has 27 heavy (non-hydrogen) atoms. The van der Waals surface area contributed by atoms with Crippen molar-refractivity contribution in [3.63, 3.8) is 0 Å². The molecule has 2 aromatic carbocycles. The summed E-state index contributed by atoms with van der Waals surface area (Å²) in [5, 5.41) is 7.70. The lowest BCUT2D eigenvalue weighted by molar-refractivity contribution is 0.122. The first-order valence-corrected chi connectivity index (χ1v) is 9.41. The zero-order valence-electron chi connectivity index (χ0n) is 15.4. The number of hydrogen-bond acceptors (Lipinski definition) is 5. The van der Waals surface area contributed by atoms with Gasteiger partial charge in [-0.25, -0.2) is 0 Å². The van der Waals surface area contributed by atoms with E-state index in [9.17, 15) is 0 Å². The number of hydrazone groups is 1. The van der Waals surface area contributed by atoms with Gasteiger partial charge in [-0.2, -0.15) is 5.10 Å². The first-order valence-electron chi connectivity index (χ1n) is 9.00. The SMILES string of the molecule is CCOc1ccc(NC(=S)N/N=C\c2ccc(N3CCOCC3)cc2)cc1. The van der Waals surface area contributed by atoms with E-state index in [0.717, 1.165) is 43.3 Å². The third-order valence-corrected chi connectivity index (χ3v) is 4.27. The number of anilines is 2. The second kappa shape index (κ2) is 9.89. The van der Waals surface area contributed by atoms with Crippen molar-refractivity contribution < 1.29 is 9.47 Å². The van der Waals surface area contributed by atoms with Crippen molar-refractivity contribution in [3.05, 3.63) is 54.1 Å². The molecule has 1 saturated heterocycles. The minimum Gasteiger partial charge on any atom is -0.494 e. The molecular formula is C20H24N4O2S. The molecule has 0 radical (unpaired) electrons. The summed E-state index contributed by atoms with van der Waals surface area (Å²) in [6.07, 6.45) is 1.75. The number of morpholine rings is 1. The van der Waals surface area contributed by atoms with Gasteiger partial charge in [0.15, 0.2) is 5.11 Å². The summed E-state index contributed by atoms with van der Waals surface area (Å²) in [7, 11) is 0. The van der Waals surface area contributed by atoms with Crippen LogP contribution < -0.4 is 20.4 Å². The highest BCUT2D eigenvalue weighted by Crippen LogP contribution is 2.16. The van der Waals surface area contributed by atoms with Gasteiger partial charge in [0.1, 0.15) is 5.75 Å². The fourth-order valence-corrected chi connectivity index (χ4v) is 2.89. The summed E-state index contributed by atoms with van der Waals surface area (Å²) in [6.45, 7) is 6.03. The molecule has 2 aromatic rings. The zero-order valence-corrected chi connectivity index (χ0v) is 16.2. The number of benzene rings is 2. The lowest BCUT2D eigenvalue weighted by Crippen LogP contribution is -2.36. The van der Waals surface area contributed by atoms with Crippen LogP contribution >= 0.6 is 12.2 Å². The topological polar surface area (TPSA) is 58.1 Å². The zero-order chi connectivity index (χ0) is 18.9. The average molecular weight is 385 g/mol. The molecule has 2 N–H and O–H groups in total. The van der Waals surface area contributed by atoms with E-state index >= 15 is 0 Å². The fourth-order valence-electron chi connectivity index (χ4n) is 2.72. The van der Waals surface area contributed by atoms with Crippen molar-refractivity contribution in [2.24, 2.45) is 5.10 Å². The largest absolute Gasteiger partial charge is 0.494 e. The van der Waals surface area contributed by atoms with Crippen LogP contribution in [0.3, 0.4) is 0 Å². The first-order chi connectivity index (χ1) is 13.2. The normalized spacial score (nSPS) is 14.2. The Morgan fingerprint density at radius 2 is 1.85 bits per heavy atom. The standard InChI is InChI=1S/C20H24N4O2S/c1-2-26-19-9-5-17(6-10-19)22-20(27)23-21-15-16-3-7-18(8-4-16)24-11-13-25-14-12-24/h3-10,15H,2,11-14H2,1H3,(H2,22,23,27)/b21-15-. The number of hydrogen-bond donors (Lipinski definition) is 2. The van der Waals surface area contributed by atoms with Gasteiger partial charge in [-0.05, 0) is 61.1 Å². The quantitative estimate of drug-likeness (QED) is 0.453. The Kier molecular flexibility index (Phi) is 7.01. The third kappa shape index (κ3) is 5.94. The Morgan fingerprint density at radius 3 is 2.52 bits per heavy atom. The fraction of sp³-hybridized carbons (Fsp3) is 0.300. The van der Waals surface area contributed by atoms with Crippen molar-refractivity contribution in [1.29, 1.82) is 0 Å². The maximum Gasteiger partial charge on any atom is 0.191 e. The van der Waals surface area contributed by atoms with Gasteiger partial charge < -0.3 is 19.7 Å². The van der Waals surface area contributed by atoms with Crippen LogP contribution in [0.1, 0.15) is 12.5 Å². The second-order valence-corrected chi connectivity index (χ2v) is 6.38. The van der Waals surface area contributed by atoms with E-state index in [4.69, 9.17) is 21.7 Å². The van der Waals surface area contributed by atoms with E-state index in [2.05, 4.69) is 32.9 Å². The van der Waals surface area contributed by atoms with Crippen LogP contribution in [0.4, 0.5) is 11.4 Å². The molecule has 0 saturated carbocycles. The summed E-state index contributed by atoms with van der Waals surface area (Å²) in [5.74, 6) is 0.834. The van der Waals surface area contributed by atoms with Crippen molar-refractivity contribution in [2.75, 3.05) is 43.1 Å². The predicted octanol–water partition coefficient (Wildman–Crippen LogP) is 3.24. The number of nitrogens with zero attached hydrogens (tertiary/aromatic N) is 2. The summed E-state index contributed by atoms with van der Waals surface area (Å²) in [4.78, 5) is 2.32. The van der Waals surface area contributed by atoms with E-state index in [1.807, 2.05) is 43.3 Å². The lowest BCUT2D eigenvalue weighted by Gasteiger charge is -2.28. The molecule has 0 unspecified atom stereocenters. The first kappa shape index (κ1) is 19.1. The molecule has 1 aliphatic rings. The van der Waals surface area contributed by atoms with Crippen LogP contribution in [0, 0.1) is 0 Å². The molecule has 0 bridgehead atoms. The molecule has 0 aromatic heterocycles. The van der Waals surface area contributed by atoms with Crippen molar-refractivity contribution >= 4 is 34.9 Å². The van der Waals surface area contributed by atoms with Gasteiger partial charge in [0, 0.05) is 24.5 Å². The Balaban J connectivity index is 1.47. The molecule has 7 heteroatoms. The summed E-state index contributed by atoms with van der Waals surface area (Å²) < 4.78 is 10.8. The number of rotatable bonds is 6.